The second-order valence-electron chi connectivity index (χ2n) is 6.95. The average molecular weight is 350 g/mol. The molecule has 1 aliphatic rings. The number of hydrogen-bond acceptors (Lipinski definition) is 3. The summed E-state index contributed by atoms with van der Waals surface area (Å²) in [5.41, 5.74) is 2.56. The van der Waals surface area contributed by atoms with Gasteiger partial charge < -0.3 is 10.1 Å². The van der Waals surface area contributed by atoms with Crippen LogP contribution >= 0.6 is 0 Å². The molecule has 1 aromatic heterocycles. The number of hydrogen-bond donors (Lipinski definition) is 1. The van der Waals surface area contributed by atoms with Gasteiger partial charge in [0.15, 0.2) is 0 Å². The summed E-state index contributed by atoms with van der Waals surface area (Å²) in [6.07, 6.45) is 8.43. The van der Waals surface area contributed by atoms with Crippen molar-refractivity contribution in [2.75, 3.05) is 11.9 Å². The van der Waals surface area contributed by atoms with Crippen LogP contribution in [0.2, 0.25) is 0 Å². The molecule has 1 N–H and O–H groups in total. The number of nitrogens with zero attached hydrogens (tertiary/aromatic N) is 1. The minimum Gasteiger partial charge on any atom is -0.473 e. The number of anilines is 1. The van der Waals surface area contributed by atoms with Gasteiger partial charge in [-0.2, -0.15) is 0 Å². The van der Waals surface area contributed by atoms with Gasteiger partial charge in [0.05, 0.1) is 17.3 Å². The van der Waals surface area contributed by atoms with Gasteiger partial charge in [-0.1, -0.05) is 61.7 Å². The Bertz CT molecular complexity index is 745. The third-order valence-corrected chi connectivity index (χ3v) is 5.09. The summed E-state index contributed by atoms with van der Waals surface area (Å²) in [6.45, 7) is 6.10. The van der Waals surface area contributed by atoms with Crippen LogP contribution in [0.15, 0.2) is 55.3 Å². The Morgan fingerprint density at radius 3 is 2.54 bits per heavy atom. The van der Waals surface area contributed by atoms with Crippen LogP contribution in [0.3, 0.4) is 0 Å². The molecule has 136 valence electrons. The second-order valence-corrected chi connectivity index (χ2v) is 6.95. The van der Waals surface area contributed by atoms with E-state index in [1.165, 1.54) is 12.0 Å². The summed E-state index contributed by atoms with van der Waals surface area (Å²) < 4.78 is 5.39. The van der Waals surface area contributed by atoms with Gasteiger partial charge in [-0.15, -0.1) is 0 Å². The van der Waals surface area contributed by atoms with Crippen LogP contribution in [-0.4, -0.2) is 17.5 Å². The minimum atomic E-state index is -0.454. The fourth-order valence-electron chi connectivity index (χ4n) is 3.61. The van der Waals surface area contributed by atoms with Gasteiger partial charge >= 0.3 is 0 Å². The highest BCUT2D eigenvalue weighted by atomic mass is 16.5. The number of nitrogens with one attached hydrogen (secondary N) is 1. The molecule has 3 rings (SSSR count). The zero-order valence-corrected chi connectivity index (χ0v) is 15.3. The lowest BCUT2D eigenvalue weighted by Gasteiger charge is -2.36. The number of benzene rings is 1. The molecular formula is C22H26N2O2. The Kier molecular flexibility index (Phi) is 5.71. The van der Waals surface area contributed by atoms with Crippen LogP contribution < -0.4 is 10.1 Å². The molecule has 2 aromatic rings. The van der Waals surface area contributed by atoms with Crippen LogP contribution in [0.5, 0.6) is 5.88 Å². The molecule has 0 spiro atoms. The van der Waals surface area contributed by atoms with E-state index in [4.69, 9.17) is 4.74 Å². The molecule has 4 nitrogen and oxygen atoms in total. The fourth-order valence-corrected chi connectivity index (χ4v) is 3.61. The van der Waals surface area contributed by atoms with E-state index >= 15 is 0 Å². The van der Waals surface area contributed by atoms with Crippen molar-refractivity contribution in [3.63, 3.8) is 0 Å². The first-order chi connectivity index (χ1) is 12.6. The van der Waals surface area contributed by atoms with Crippen molar-refractivity contribution in [2.24, 2.45) is 0 Å². The third-order valence-electron chi connectivity index (χ3n) is 5.09. The lowest BCUT2D eigenvalue weighted by Crippen LogP contribution is -2.42. The molecule has 1 aromatic carbocycles. The lowest BCUT2D eigenvalue weighted by molar-refractivity contribution is -0.122. The van der Waals surface area contributed by atoms with Gasteiger partial charge in [-0.3, -0.25) is 4.79 Å². The topological polar surface area (TPSA) is 51.2 Å². The van der Waals surface area contributed by atoms with Gasteiger partial charge in [0.1, 0.15) is 6.61 Å². The van der Waals surface area contributed by atoms with Crippen molar-refractivity contribution in [3.8, 4) is 5.88 Å². The maximum atomic E-state index is 13.2. The number of ether oxygens (including phenoxy) is 1. The van der Waals surface area contributed by atoms with E-state index in [2.05, 4.69) is 48.1 Å². The number of aryl methyl sites for hydroxylation is 1. The third kappa shape index (κ3) is 3.96. The molecule has 1 fully saturated rings. The molecule has 1 heterocycles. The number of carbonyl (C=O) groups is 1. The van der Waals surface area contributed by atoms with Crippen molar-refractivity contribution in [2.45, 2.75) is 44.4 Å². The molecule has 0 saturated heterocycles. The summed E-state index contributed by atoms with van der Waals surface area (Å²) in [5, 5.41) is 3.07. The molecule has 0 aliphatic heterocycles. The molecule has 1 amide bonds. The van der Waals surface area contributed by atoms with Crippen molar-refractivity contribution in [1.29, 1.82) is 0 Å². The summed E-state index contributed by atoms with van der Waals surface area (Å²) in [7, 11) is 0. The predicted octanol–water partition coefficient (Wildman–Crippen LogP) is 4.80. The smallest absolute Gasteiger partial charge is 0.235 e. The first-order valence-corrected chi connectivity index (χ1v) is 9.22. The molecule has 1 aliphatic carbocycles. The summed E-state index contributed by atoms with van der Waals surface area (Å²) >= 11 is 0. The summed E-state index contributed by atoms with van der Waals surface area (Å²) in [5.74, 6) is 0.580. The van der Waals surface area contributed by atoms with Crippen LogP contribution in [0.4, 0.5) is 5.69 Å². The predicted molar refractivity (Wildman–Crippen MR) is 105 cm³/mol. The SMILES string of the molecule is C=CCOc1ccc(NC(=O)C2(c3ccc(C)cc3)CCCCC2)cn1. The Balaban J connectivity index is 1.79. The standard InChI is InChI=1S/C22H26N2O2/c1-3-15-26-20-12-11-19(16-23-20)24-21(25)22(13-5-4-6-14-22)18-9-7-17(2)8-10-18/h3,7-12,16H,1,4-6,13-15H2,2H3,(H,24,25). The highest BCUT2D eigenvalue weighted by Crippen LogP contribution is 2.40. The number of rotatable bonds is 6. The Morgan fingerprint density at radius 2 is 1.92 bits per heavy atom. The summed E-state index contributed by atoms with van der Waals surface area (Å²) in [4.78, 5) is 17.5. The van der Waals surface area contributed by atoms with E-state index in [1.54, 1.807) is 18.3 Å². The van der Waals surface area contributed by atoms with Crippen LogP contribution in [0.25, 0.3) is 0 Å². The number of aromatic nitrogens is 1. The van der Waals surface area contributed by atoms with Crippen LogP contribution in [0, 0.1) is 6.92 Å². The van der Waals surface area contributed by atoms with Crippen molar-refractivity contribution in [1.82, 2.24) is 4.98 Å². The first kappa shape index (κ1) is 18.2. The Morgan fingerprint density at radius 1 is 1.19 bits per heavy atom. The van der Waals surface area contributed by atoms with E-state index in [1.807, 2.05) is 6.07 Å². The van der Waals surface area contributed by atoms with Gasteiger partial charge in [0, 0.05) is 6.07 Å². The van der Waals surface area contributed by atoms with Crippen LogP contribution in [-0.2, 0) is 10.2 Å². The molecule has 0 radical (unpaired) electrons. The Hall–Kier alpha value is -2.62. The lowest BCUT2D eigenvalue weighted by atomic mass is 9.68. The summed E-state index contributed by atoms with van der Waals surface area (Å²) in [6, 6.07) is 12.0. The average Bonchev–Trinajstić information content (AvgIpc) is 2.68. The second kappa shape index (κ2) is 8.17. The normalized spacial score (nSPS) is 15.9. The largest absolute Gasteiger partial charge is 0.473 e. The van der Waals surface area contributed by atoms with E-state index < -0.39 is 5.41 Å². The van der Waals surface area contributed by atoms with Gasteiger partial charge in [0.25, 0.3) is 0 Å². The van der Waals surface area contributed by atoms with Gasteiger partial charge in [0.2, 0.25) is 11.8 Å². The van der Waals surface area contributed by atoms with Gasteiger partial charge in [-0.25, -0.2) is 4.98 Å². The zero-order chi connectivity index (χ0) is 18.4. The molecule has 26 heavy (non-hydrogen) atoms. The highest BCUT2D eigenvalue weighted by molar-refractivity contribution is 5.99. The van der Waals surface area contributed by atoms with E-state index in [9.17, 15) is 4.79 Å². The molecular weight excluding hydrogens is 324 g/mol. The molecule has 0 atom stereocenters. The Labute approximate surface area is 155 Å². The van der Waals surface area contributed by atoms with E-state index in [-0.39, 0.29) is 5.91 Å². The molecule has 1 saturated carbocycles. The fraction of sp³-hybridized carbons (Fsp3) is 0.364. The highest BCUT2D eigenvalue weighted by Gasteiger charge is 2.41. The van der Waals surface area contributed by atoms with Crippen molar-refractivity contribution >= 4 is 11.6 Å². The number of carbonyl (C=O) groups excluding carboxylic acids is 1. The quantitative estimate of drug-likeness (QED) is 0.762. The minimum absolute atomic E-state index is 0.0580. The molecule has 0 unspecified atom stereocenters. The molecule has 4 heteroatoms. The van der Waals surface area contributed by atoms with Crippen LogP contribution in [0.1, 0.15) is 43.2 Å². The first-order valence-electron chi connectivity index (χ1n) is 9.22. The van der Waals surface area contributed by atoms with Crippen molar-refractivity contribution < 1.29 is 9.53 Å². The maximum Gasteiger partial charge on any atom is 0.235 e. The monoisotopic (exact) mass is 350 g/mol. The number of amides is 1. The van der Waals surface area contributed by atoms with E-state index in [0.29, 0.717) is 18.2 Å². The zero-order valence-electron chi connectivity index (χ0n) is 15.3. The van der Waals surface area contributed by atoms with E-state index in [0.717, 1.165) is 31.2 Å². The van der Waals surface area contributed by atoms with Gasteiger partial charge in [-0.05, 0) is 31.4 Å². The maximum absolute atomic E-state index is 13.2. The molecule has 0 bridgehead atoms. The number of pyridine rings is 1. The van der Waals surface area contributed by atoms with Crippen molar-refractivity contribution in [3.05, 3.63) is 66.4 Å².